The van der Waals surface area contributed by atoms with Crippen LogP contribution in [-0.4, -0.2) is 69.7 Å². The Hall–Kier alpha value is -1.06. The molecule has 0 spiro atoms. The number of Topliss-reactive ketones (excluding diaryl/α,β-unsaturated/α-hetero) is 1. The second-order valence-corrected chi connectivity index (χ2v) is 3.55. The lowest BCUT2D eigenvalue weighted by Crippen LogP contribution is -2.45. The predicted molar refractivity (Wildman–Crippen MR) is 54.7 cm³/mol. The quantitative estimate of drug-likeness (QED) is 0.293. The average Bonchev–Trinajstić information content (AvgIpc) is 2.32. The number of hydrogen-bond acceptors (Lipinski definition) is 8. The first-order chi connectivity index (χ1) is 7.81. The van der Waals surface area contributed by atoms with Crippen LogP contribution in [0, 0.1) is 0 Å². The zero-order valence-electron chi connectivity index (χ0n) is 9.31. The van der Waals surface area contributed by atoms with Gasteiger partial charge in [0, 0.05) is 0 Å². The molecular weight excluding hydrogens is 234 g/mol. The third-order valence-corrected chi connectivity index (χ3v) is 1.96. The number of ether oxygens (including phenoxy) is 1. The van der Waals surface area contributed by atoms with E-state index in [1.54, 1.807) is 0 Å². The van der Waals surface area contributed by atoms with Crippen molar-refractivity contribution in [2.24, 2.45) is 5.73 Å². The minimum Gasteiger partial charge on any atom is -0.456 e. The molecule has 0 aliphatic rings. The normalized spacial score (nSPS) is 18.0. The van der Waals surface area contributed by atoms with Crippen molar-refractivity contribution in [1.82, 2.24) is 0 Å². The maximum absolute atomic E-state index is 11.2. The first kappa shape index (κ1) is 15.9. The second-order valence-electron chi connectivity index (χ2n) is 3.55. The van der Waals surface area contributed by atoms with Crippen molar-refractivity contribution in [3.05, 3.63) is 0 Å². The van der Waals surface area contributed by atoms with Gasteiger partial charge in [-0.2, -0.15) is 0 Å². The Kier molecular flexibility index (Phi) is 6.85. The third-order valence-electron chi connectivity index (χ3n) is 1.96. The summed E-state index contributed by atoms with van der Waals surface area (Å²) < 4.78 is 4.42. The summed E-state index contributed by atoms with van der Waals surface area (Å²) in [6, 6.07) is -0.909. The van der Waals surface area contributed by atoms with Crippen molar-refractivity contribution in [1.29, 1.82) is 0 Å². The van der Waals surface area contributed by atoms with Crippen LogP contribution in [0.5, 0.6) is 0 Å². The lowest BCUT2D eigenvalue weighted by atomic mass is 10.1. The highest BCUT2D eigenvalue weighted by Gasteiger charge is 2.30. The molecule has 0 radical (unpaired) electrons. The SMILES string of the molecule is CC(N)C(=O)OCC(=O)C(O)C(O)C(O)CO. The molecule has 0 amide bonds. The highest BCUT2D eigenvalue weighted by atomic mass is 16.5. The van der Waals surface area contributed by atoms with E-state index >= 15 is 0 Å². The van der Waals surface area contributed by atoms with E-state index in [0.29, 0.717) is 0 Å². The van der Waals surface area contributed by atoms with Gasteiger partial charge in [0.15, 0.2) is 6.61 Å². The summed E-state index contributed by atoms with van der Waals surface area (Å²) in [6.45, 7) is -0.227. The number of carbonyl (C=O) groups is 2. The molecule has 0 saturated heterocycles. The summed E-state index contributed by atoms with van der Waals surface area (Å²) >= 11 is 0. The van der Waals surface area contributed by atoms with Crippen molar-refractivity contribution >= 4 is 11.8 Å². The number of ketones is 1. The molecule has 8 nitrogen and oxygen atoms in total. The fraction of sp³-hybridized carbons (Fsp3) is 0.778. The molecule has 4 unspecified atom stereocenters. The molecule has 0 bridgehead atoms. The average molecular weight is 251 g/mol. The summed E-state index contributed by atoms with van der Waals surface area (Å²) in [5.41, 5.74) is 5.16. The summed E-state index contributed by atoms with van der Waals surface area (Å²) in [7, 11) is 0. The summed E-state index contributed by atoms with van der Waals surface area (Å²) in [4.78, 5) is 22.1. The molecule has 0 aromatic carbocycles. The highest BCUT2D eigenvalue weighted by Crippen LogP contribution is 2.02. The lowest BCUT2D eigenvalue weighted by molar-refractivity contribution is -0.155. The fourth-order valence-corrected chi connectivity index (χ4v) is 0.868. The van der Waals surface area contributed by atoms with E-state index in [4.69, 9.17) is 15.9 Å². The second kappa shape index (κ2) is 7.30. The molecule has 0 fully saturated rings. The van der Waals surface area contributed by atoms with Gasteiger partial charge in [-0.1, -0.05) is 0 Å². The summed E-state index contributed by atoms with van der Waals surface area (Å²) in [6.07, 6.45) is -5.45. The predicted octanol–water partition coefficient (Wildman–Crippen LogP) is -3.48. The molecule has 0 aliphatic heterocycles. The number of nitrogens with two attached hydrogens (primary N) is 1. The minimum absolute atomic E-state index is 0.767. The van der Waals surface area contributed by atoms with E-state index in [1.807, 2.05) is 0 Å². The first-order valence-electron chi connectivity index (χ1n) is 4.91. The third kappa shape index (κ3) is 5.20. The van der Waals surface area contributed by atoms with Gasteiger partial charge in [-0.3, -0.25) is 9.59 Å². The Bertz CT molecular complexity index is 268. The van der Waals surface area contributed by atoms with Crippen LogP contribution in [0.1, 0.15) is 6.92 Å². The maximum Gasteiger partial charge on any atom is 0.323 e. The smallest absolute Gasteiger partial charge is 0.323 e. The van der Waals surface area contributed by atoms with Crippen molar-refractivity contribution in [3.63, 3.8) is 0 Å². The van der Waals surface area contributed by atoms with Crippen molar-refractivity contribution in [2.45, 2.75) is 31.3 Å². The number of esters is 1. The molecule has 0 saturated carbocycles. The zero-order valence-corrected chi connectivity index (χ0v) is 9.31. The molecule has 6 N–H and O–H groups in total. The van der Waals surface area contributed by atoms with Crippen molar-refractivity contribution in [3.8, 4) is 0 Å². The van der Waals surface area contributed by atoms with Gasteiger partial charge in [-0.15, -0.1) is 0 Å². The maximum atomic E-state index is 11.2. The van der Waals surface area contributed by atoms with E-state index in [2.05, 4.69) is 4.74 Å². The Morgan fingerprint density at radius 1 is 1.29 bits per heavy atom. The van der Waals surface area contributed by atoms with Gasteiger partial charge in [0.25, 0.3) is 0 Å². The number of hydrogen-bond donors (Lipinski definition) is 5. The molecule has 8 heteroatoms. The number of aliphatic hydroxyl groups excluding tert-OH is 4. The molecule has 4 atom stereocenters. The Balaban J connectivity index is 4.19. The van der Waals surface area contributed by atoms with Gasteiger partial charge in [0.05, 0.1) is 6.61 Å². The first-order valence-corrected chi connectivity index (χ1v) is 4.91. The van der Waals surface area contributed by atoms with E-state index in [1.165, 1.54) is 6.92 Å². The van der Waals surface area contributed by atoms with Crippen LogP contribution in [0.25, 0.3) is 0 Å². The van der Waals surface area contributed by atoms with E-state index in [-0.39, 0.29) is 0 Å². The van der Waals surface area contributed by atoms with Gasteiger partial charge in [0.2, 0.25) is 5.78 Å². The lowest BCUT2D eigenvalue weighted by Gasteiger charge is -2.20. The number of carbonyl (C=O) groups excluding carboxylic acids is 2. The summed E-state index contributed by atoms with van der Waals surface area (Å²) in [5.74, 6) is -1.83. The standard InChI is InChI=1S/C9H17NO7/c1-4(10)9(16)17-3-6(13)8(15)7(14)5(12)2-11/h4-5,7-8,11-12,14-15H,2-3,10H2,1H3. The van der Waals surface area contributed by atoms with Crippen LogP contribution in [0.4, 0.5) is 0 Å². The molecule has 100 valence electrons. The highest BCUT2D eigenvalue weighted by molar-refractivity contribution is 5.87. The molecule has 17 heavy (non-hydrogen) atoms. The molecule has 0 heterocycles. The fourth-order valence-electron chi connectivity index (χ4n) is 0.868. The van der Waals surface area contributed by atoms with Crippen LogP contribution in [0.2, 0.25) is 0 Å². The van der Waals surface area contributed by atoms with Gasteiger partial charge < -0.3 is 30.9 Å². The Morgan fingerprint density at radius 2 is 1.82 bits per heavy atom. The van der Waals surface area contributed by atoms with Crippen LogP contribution in [0.15, 0.2) is 0 Å². The molecule has 0 aliphatic carbocycles. The van der Waals surface area contributed by atoms with Crippen LogP contribution >= 0.6 is 0 Å². The van der Waals surface area contributed by atoms with E-state index in [0.717, 1.165) is 0 Å². The van der Waals surface area contributed by atoms with Gasteiger partial charge in [-0.25, -0.2) is 0 Å². The molecule has 0 rings (SSSR count). The van der Waals surface area contributed by atoms with E-state index in [9.17, 15) is 19.8 Å². The largest absolute Gasteiger partial charge is 0.456 e. The van der Waals surface area contributed by atoms with Gasteiger partial charge in [-0.05, 0) is 6.92 Å². The van der Waals surface area contributed by atoms with Gasteiger partial charge >= 0.3 is 5.97 Å². The van der Waals surface area contributed by atoms with Gasteiger partial charge in [0.1, 0.15) is 24.4 Å². The topological polar surface area (TPSA) is 150 Å². The minimum atomic E-state index is -1.95. The van der Waals surface area contributed by atoms with E-state index < -0.39 is 49.3 Å². The Labute approximate surface area is 97.6 Å². The van der Waals surface area contributed by atoms with Crippen LogP contribution < -0.4 is 5.73 Å². The number of rotatable bonds is 7. The number of aliphatic hydroxyl groups is 4. The molecular formula is C9H17NO7. The van der Waals surface area contributed by atoms with Crippen molar-refractivity contribution in [2.75, 3.05) is 13.2 Å². The zero-order chi connectivity index (χ0) is 13.6. The molecule has 0 aromatic rings. The Morgan fingerprint density at radius 3 is 2.24 bits per heavy atom. The summed E-state index contributed by atoms with van der Waals surface area (Å²) in [5, 5.41) is 35.9. The van der Waals surface area contributed by atoms with Crippen LogP contribution in [0.3, 0.4) is 0 Å². The van der Waals surface area contributed by atoms with Crippen molar-refractivity contribution < 1.29 is 34.8 Å². The molecule has 0 aromatic heterocycles. The monoisotopic (exact) mass is 251 g/mol. The van der Waals surface area contributed by atoms with Crippen LogP contribution in [-0.2, 0) is 14.3 Å².